The quantitative estimate of drug-likeness (QED) is 0.585. The van der Waals surface area contributed by atoms with Crippen LogP contribution in [-0.4, -0.2) is 17.4 Å². The van der Waals surface area contributed by atoms with Crippen molar-refractivity contribution in [2.75, 3.05) is 11.4 Å². The maximum Gasteiger partial charge on any atom is 0.294 e. The third-order valence-corrected chi connectivity index (χ3v) is 4.07. The molecule has 0 radical (unpaired) electrons. The van der Waals surface area contributed by atoms with E-state index in [1.54, 1.807) is 6.07 Å². The van der Waals surface area contributed by atoms with E-state index in [2.05, 4.69) is 15.9 Å². The Kier molecular flexibility index (Phi) is 3.85. The molecule has 5 nitrogen and oxygen atoms in total. The van der Waals surface area contributed by atoms with Crippen molar-refractivity contribution in [2.24, 2.45) is 0 Å². The number of amides is 1. The Bertz CT molecular complexity index is 842. The van der Waals surface area contributed by atoms with Gasteiger partial charge in [0.05, 0.1) is 10.5 Å². The molecule has 2 aromatic carbocycles. The minimum absolute atomic E-state index is 0.159. The highest BCUT2D eigenvalue weighted by Crippen LogP contribution is 2.40. The number of halogens is 3. The van der Waals surface area contributed by atoms with Gasteiger partial charge in [0.15, 0.2) is 0 Å². The lowest BCUT2D eigenvalue weighted by atomic mass is 10.1. The molecule has 2 aromatic rings. The Hall–Kier alpha value is -2.35. The van der Waals surface area contributed by atoms with Gasteiger partial charge in [0.2, 0.25) is 0 Å². The van der Waals surface area contributed by atoms with Crippen LogP contribution >= 0.6 is 15.9 Å². The van der Waals surface area contributed by atoms with Crippen LogP contribution in [0.25, 0.3) is 0 Å². The van der Waals surface area contributed by atoms with Crippen LogP contribution in [0.4, 0.5) is 20.2 Å². The van der Waals surface area contributed by atoms with Gasteiger partial charge in [-0.15, -0.1) is 0 Å². The molecular weight excluding hydrogens is 374 g/mol. The van der Waals surface area contributed by atoms with E-state index in [0.717, 1.165) is 17.0 Å². The monoisotopic (exact) mass is 382 g/mol. The van der Waals surface area contributed by atoms with Crippen molar-refractivity contribution < 1.29 is 18.5 Å². The van der Waals surface area contributed by atoms with E-state index >= 15 is 0 Å². The number of nitrogens with zero attached hydrogens (tertiary/aromatic N) is 2. The van der Waals surface area contributed by atoms with E-state index in [9.17, 15) is 23.7 Å². The summed E-state index contributed by atoms with van der Waals surface area (Å²) in [6.45, 7) is 0.197. The number of anilines is 1. The van der Waals surface area contributed by atoms with Crippen molar-refractivity contribution in [2.45, 2.75) is 6.42 Å². The van der Waals surface area contributed by atoms with Crippen LogP contribution in [0.1, 0.15) is 15.9 Å². The van der Waals surface area contributed by atoms with Crippen LogP contribution in [0.5, 0.6) is 0 Å². The van der Waals surface area contributed by atoms with Gasteiger partial charge >= 0.3 is 0 Å². The van der Waals surface area contributed by atoms with Gasteiger partial charge in [0.25, 0.3) is 11.6 Å². The molecule has 0 spiro atoms. The van der Waals surface area contributed by atoms with Crippen molar-refractivity contribution in [1.82, 2.24) is 0 Å². The zero-order chi connectivity index (χ0) is 16.7. The van der Waals surface area contributed by atoms with Crippen molar-refractivity contribution in [3.8, 4) is 0 Å². The SMILES string of the molecule is O=C(c1ccc(F)cc1F)N1CCc2cc(Br)cc([N+](=O)[O-])c21. The zero-order valence-electron chi connectivity index (χ0n) is 11.6. The Morgan fingerprint density at radius 1 is 1.26 bits per heavy atom. The summed E-state index contributed by atoms with van der Waals surface area (Å²) >= 11 is 3.20. The molecule has 1 aliphatic rings. The van der Waals surface area contributed by atoms with E-state index in [0.29, 0.717) is 22.5 Å². The standard InChI is InChI=1S/C15H9BrF2N2O3/c16-9-5-8-3-4-19(14(8)13(6-9)20(22)23)15(21)11-2-1-10(17)7-12(11)18/h1-2,5-7H,3-4H2. The van der Waals surface area contributed by atoms with Crippen LogP contribution < -0.4 is 4.90 Å². The first kappa shape index (κ1) is 15.5. The van der Waals surface area contributed by atoms with Crippen LogP contribution in [0.2, 0.25) is 0 Å². The van der Waals surface area contributed by atoms with Gasteiger partial charge in [-0.1, -0.05) is 15.9 Å². The van der Waals surface area contributed by atoms with Crippen molar-refractivity contribution in [3.63, 3.8) is 0 Å². The number of nitro benzene ring substituents is 1. The van der Waals surface area contributed by atoms with E-state index in [-0.39, 0.29) is 23.5 Å². The largest absolute Gasteiger partial charge is 0.302 e. The van der Waals surface area contributed by atoms with Crippen LogP contribution in [0.3, 0.4) is 0 Å². The van der Waals surface area contributed by atoms with E-state index in [4.69, 9.17) is 0 Å². The zero-order valence-corrected chi connectivity index (χ0v) is 13.1. The fraction of sp³-hybridized carbons (Fsp3) is 0.133. The Morgan fingerprint density at radius 3 is 2.65 bits per heavy atom. The van der Waals surface area contributed by atoms with Gasteiger partial charge in [-0.3, -0.25) is 14.9 Å². The third-order valence-electron chi connectivity index (χ3n) is 3.61. The number of hydrogen-bond donors (Lipinski definition) is 0. The van der Waals surface area contributed by atoms with Crippen LogP contribution in [0, 0.1) is 21.7 Å². The molecule has 0 fully saturated rings. The second-order valence-corrected chi connectivity index (χ2v) is 5.94. The van der Waals surface area contributed by atoms with Gasteiger partial charge < -0.3 is 4.90 Å². The Labute approximate surface area is 137 Å². The lowest BCUT2D eigenvalue weighted by Crippen LogP contribution is -2.30. The average molecular weight is 383 g/mol. The summed E-state index contributed by atoms with van der Waals surface area (Å²) in [4.78, 5) is 24.4. The number of fused-ring (bicyclic) bond motifs is 1. The summed E-state index contributed by atoms with van der Waals surface area (Å²) in [5.41, 5.74) is 0.230. The maximum absolute atomic E-state index is 13.8. The number of carbonyl (C=O) groups excluding carboxylic acids is 1. The smallest absolute Gasteiger partial charge is 0.294 e. The Balaban J connectivity index is 2.09. The molecule has 1 heterocycles. The van der Waals surface area contributed by atoms with Gasteiger partial charge in [-0.2, -0.15) is 0 Å². The van der Waals surface area contributed by atoms with Crippen molar-refractivity contribution in [1.29, 1.82) is 0 Å². The molecule has 3 rings (SSSR count). The topological polar surface area (TPSA) is 63.5 Å². The molecule has 0 unspecified atom stereocenters. The summed E-state index contributed by atoms with van der Waals surface area (Å²) in [6.07, 6.45) is 0.421. The van der Waals surface area contributed by atoms with Gasteiger partial charge in [-0.25, -0.2) is 8.78 Å². The van der Waals surface area contributed by atoms with E-state index in [1.807, 2.05) is 0 Å². The summed E-state index contributed by atoms with van der Waals surface area (Å²) in [7, 11) is 0. The fourth-order valence-electron chi connectivity index (χ4n) is 2.64. The fourth-order valence-corrected chi connectivity index (χ4v) is 3.13. The van der Waals surface area contributed by atoms with Gasteiger partial charge in [0, 0.05) is 23.2 Å². The maximum atomic E-state index is 13.8. The minimum atomic E-state index is -0.997. The number of benzene rings is 2. The average Bonchev–Trinajstić information content (AvgIpc) is 2.89. The summed E-state index contributed by atoms with van der Waals surface area (Å²) in [6, 6.07) is 5.61. The normalized spacial score (nSPS) is 13.1. The summed E-state index contributed by atoms with van der Waals surface area (Å²) in [5.74, 6) is -2.52. The number of carbonyl (C=O) groups is 1. The molecule has 0 bridgehead atoms. The molecular formula is C15H9BrF2N2O3. The second kappa shape index (κ2) is 5.69. The molecule has 0 saturated heterocycles. The van der Waals surface area contributed by atoms with Gasteiger partial charge in [0.1, 0.15) is 17.3 Å². The molecule has 0 saturated carbocycles. The molecule has 0 N–H and O–H groups in total. The first-order chi connectivity index (χ1) is 10.9. The van der Waals surface area contributed by atoms with E-state index in [1.165, 1.54) is 6.07 Å². The van der Waals surface area contributed by atoms with Gasteiger partial charge in [-0.05, 0) is 30.2 Å². The number of hydrogen-bond acceptors (Lipinski definition) is 3. The van der Waals surface area contributed by atoms with Crippen molar-refractivity contribution >= 4 is 33.2 Å². The molecule has 1 aliphatic heterocycles. The predicted molar refractivity (Wildman–Crippen MR) is 82.5 cm³/mol. The molecule has 1 amide bonds. The third kappa shape index (κ3) is 2.70. The molecule has 23 heavy (non-hydrogen) atoms. The first-order valence-electron chi connectivity index (χ1n) is 6.62. The highest BCUT2D eigenvalue weighted by atomic mass is 79.9. The predicted octanol–water partition coefficient (Wildman–Crippen LogP) is 3.84. The first-order valence-corrected chi connectivity index (χ1v) is 7.41. The molecule has 8 heteroatoms. The molecule has 118 valence electrons. The number of nitro groups is 1. The Morgan fingerprint density at radius 2 is 2.00 bits per heavy atom. The van der Waals surface area contributed by atoms with Crippen LogP contribution in [-0.2, 0) is 6.42 Å². The minimum Gasteiger partial charge on any atom is -0.302 e. The number of rotatable bonds is 2. The summed E-state index contributed by atoms with van der Waals surface area (Å²) in [5, 5.41) is 11.3. The highest BCUT2D eigenvalue weighted by molar-refractivity contribution is 9.10. The summed E-state index contributed by atoms with van der Waals surface area (Å²) < 4.78 is 27.3. The lowest BCUT2D eigenvalue weighted by molar-refractivity contribution is -0.384. The van der Waals surface area contributed by atoms with Crippen molar-refractivity contribution in [3.05, 3.63) is 67.7 Å². The van der Waals surface area contributed by atoms with Crippen LogP contribution in [0.15, 0.2) is 34.8 Å². The highest BCUT2D eigenvalue weighted by Gasteiger charge is 2.34. The lowest BCUT2D eigenvalue weighted by Gasteiger charge is -2.17. The molecule has 0 atom stereocenters. The van der Waals surface area contributed by atoms with E-state index < -0.39 is 22.5 Å². The second-order valence-electron chi connectivity index (χ2n) is 5.02. The molecule has 0 aliphatic carbocycles. The molecule has 0 aromatic heterocycles.